The second kappa shape index (κ2) is 4.97. The molecule has 2 heteroatoms. The average molecular weight is 184 g/mol. The molecule has 0 saturated carbocycles. The first-order chi connectivity index (χ1) is 6.15. The van der Waals surface area contributed by atoms with Crippen LogP contribution < -0.4 is 5.43 Å². The summed E-state index contributed by atoms with van der Waals surface area (Å²) < 4.78 is 0. The molecule has 1 N–H and O–H groups in total. The number of hydrogen-bond acceptors (Lipinski definition) is 2. The van der Waals surface area contributed by atoms with E-state index in [-0.39, 0.29) is 0 Å². The molecule has 2 nitrogen and oxygen atoms in total. The van der Waals surface area contributed by atoms with Crippen LogP contribution in [0.15, 0.2) is 0 Å². The van der Waals surface area contributed by atoms with E-state index in [0.29, 0.717) is 18.1 Å². The topological polar surface area (TPSA) is 15.3 Å². The summed E-state index contributed by atoms with van der Waals surface area (Å²) in [4.78, 5) is 0. The Kier molecular flexibility index (Phi) is 4.20. The summed E-state index contributed by atoms with van der Waals surface area (Å²) in [5.74, 6) is 0. The van der Waals surface area contributed by atoms with Crippen molar-refractivity contribution in [2.75, 3.05) is 0 Å². The average Bonchev–Trinajstić information content (AvgIpc) is 2.11. The van der Waals surface area contributed by atoms with Gasteiger partial charge in [0, 0.05) is 18.1 Å². The van der Waals surface area contributed by atoms with Crippen molar-refractivity contribution >= 4 is 0 Å². The zero-order chi connectivity index (χ0) is 9.84. The minimum atomic E-state index is 0.614. The fraction of sp³-hybridized carbons (Fsp3) is 1.00. The first-order valence-electron chi connectivity index (χ1n) is 5.69. The maximum atomic E-state index is 3.60. The van der Waals surface area contributed by atoms with Gasteiger partial charge in [0.2, 0.25) is 0 Å². The number of hydrazine groups is 1. The summed E-state index contributed by atoms with van der Waals surface area (Å²) in [5.41, 5.74) is 3.60. The zero-order valence-corrected chi connectivity index (χ0v) is 9.51. The van der Waals surface area contributed by atoms with Crippen molar-refractivity contribution in [2.45, 2.75) is 71.5 Å². The smallest absolute Gasteiger partial charge is 0.0218 e. The van der Waals surface area contributed by atoms with Crippen molar-refractivity contribution in [3.05, 3.63) is 0 Å². The number of piperidine rings is 1. The quantitative estimate of drug-likeness (QED) is 0.725. The lowest BCUT2D eigenvalue weighted by atomic mass is 10.00. The number of nitrogens with zero attached hydrogens (tertiary/aromatic N) is 1. The van der Waals surface area contributed by atoms with Crippen LogP contribution in [0.25, 0.3) is 0 Å². The molecule has 1 rings (SSSR count). The molecule has 3 atom stereocenters. The Labute approximate surface area is 82.7 Å². The molecule has 0 aromatic carbocycles. The van der Waals surface area contributed by atoms with E-state index in [1.165, 1.54) is 25.7 Å². The summed E-state index contributed by atoms with van der Waals surface area (Å²) >= 11 is 0. The van der Waals surface area contributed by atoms with Gasteiger partial charge in [0.1, 0.15) is 0 Å². The lowest BCUT2D eigenvalue weighted by Gasteiger charge is -2.40. The molecule has 3 unspecified atom stereocenters. The van der Waals surface area contributed by atoms with Crippen LogP contribution in [0.5, 0.6) is 0 Å². The van der Waals surface area contributed by atoms with Gasteiger partial charge in [-0.25, -0.2) is 5.01 Å². The maximum Gasteiger partial charge on any atom is 0.0218 e. The third kappa shape index (κ3) is 2.96. The van der Waals surface area contributed by atoms with Crippen LogP contribution in [0.2, 0.25) is 0 Å². The second-order valence-electron chi connectivity index (χ2n) is 4.47. The third-order valence-electron chi connectivity index (χ3n) is 3.18. The minimum absolute atomic E-state index is 0.614. The molecule has 1 heterocycles. The zero-order valence-electron chi connectivity index (χ0n) is 9.51. The van der Waals surface area contributed by atoms with E-state index >= 15 is 0 Å². The molecule has 1 saturated heterocycles. The molecular formula is C11H24N2. The van der Waals surface area contributed by atoms with E-state index in [0.717, 1.165) is 0 Å². The van der Waals surface area contributed by atoms with Crippen molar-refractivity contribution in [1.29, 1.82) is 0 Å². The molecule has 1 aliphatic heterocycles. The van der Waals surface area contributed by atoms with E-state index in [4.69, 9.17) is 0 Å². The molecule has 0 aliphatic carbocycles. The predicted octanol–water partition coefficient (Wildman–Crippen LogP) is 2.55. The molecule has 0 amide bonds. The Hall–Kier alpha value is -0.0800. The van der Waals surface area contributed by atoms with E-state index < -0.39 is 0 Å². The van der Waals surface area contributed by atoms with E-state index in [2.05, 4.69) is 38.1 Å². The summed E-state index contributed by atoms with van der Waals surface area (Å²) in [6, 6.07) is 2.03. The third-order valence-corrected chi connectivity index (χ3v) is 3.18. The van der Waals surface area contributed by atoms with Gasteiger partial charge in [-0.3, -0.25) is 5.43 Å². The molecule has 78 valence electrons. The van der Waals surface area contributed by atoms with E-state index in [9.17, 15) is 0 Å². The molecule has 1 aliphatic rings. The van der Waals surface area contributed by atoms with E-state index in [1.54, 1.807) is 0 Å². The van der Waals surface area contributed by atoms with E-state index in [1.807, 2.05) is 0 Å². The van der Waals surface area contributed by atoms with Crippen LogP contribution >= 0.6 is 0 Å². The Morgan fingerprint density at radius 2 is 1.85 bits per heavy atom. The van der Waals surface area contributed by atoms with Crippen molar-refractivity contribution < 1.29 is 0 Å². The molecule has 0 spiro atoms. The molecule has 0 bridgehead atoms. The number of nitrogens with one attached hydrogen (secondary N) is 1. The van der Waals surface area contributed by atoms with Crippen molar-refractivity contribution in [3.8, 4) is 0 Å². The monoisotopic (exact) mass is 184 g/mol. The van der Waals surface area contributed by atoms with Gasteiger partial charge in [-0.15, -0.1) is 0 Å². The highest BCUT2D eigenvalue weighted by Gasteiger charge is 2.24. The van der Waals surface area contributed by atoms with Gasteiger partial charge >= 0.3 is 0 Å². The highest BCUT2D eigenvalue weighted by atomic mass is 15.5. The van der Waals surface area contributed by atoms with Crippen molar-refractivity contribution in [1.82, 2.24) is 10.4 Å². The Morgan fingerprint density at radius 3 is 2.31 bits per heavy atom. The van der Waals surface area contributed by atoms with Gasteiger partial charge < -0.3 is 0 Å². The minimum Gasteiger partial charge on any atom is -0.252 e. The lowest BCUT2D eigenvalue weighted by Crippen LogP contribution is -2.54. The van der Waals surface area contributed by atoms with Crippen LogP contribution in [0.4, 0.5) is 0 Å². The summed E-state index contributed by atoms with van der Waals surface area (Å²) in [6.45, 7) is 9.14. The van der Waals surface area contributed by atoms with Crippen molar-refractivity contribution in [2.24, 2.45) is 0 Å². The second-order valence-corrected chi connectivity index (χ2v) is 4.47. The summed E-state index contributed by atoms with van der Waals surface area (Å²) in [5, 5.41) is 2.46. The fourth-order valence-electron chi connectivity index (χ4n) is 2.02. The lowest BCUT2D eigenvalue weighted by molar-refractivity contribution is 0.0317. The Balaban J connectivity index is 2.43. The van der Waals surface area contributed by atoms with Crippen LogP contribution in [-0.4, -0.2) is 23.1 Å². The predicted molar refractivity (Wildman–Crippen MR) is 57.5 cm³/mol. The highest BCUT2D eigenvalue weighted by Crippen LogP contribution is 2.20. The van der Waals surface area contributed by atoms with Crippen molar-refractivity contribution in [3.63, 3.8) is 0 Å². The van der Waals surface area contributed by atoms with Crippen LogP contribution in [0.1, 0.15) is 53.4 Å². The first-order valence-corrected chi connectivity index (χ1v) is 5.69. The molecule has 1 fully saturated rings. The standard InChI is InChI=1S/C11H24N2/c1-5-9(2)12-13-10(3)7-6-8-11(13)4/h9-12H,5-8H2,1-4H3. The van der Waals surface area contributed by atoms with Crippen LogP contribution in [-0.2, 0) is 0 Å². The van der Waals surface area contributed by atoms with Gasteiger partial charge in [0.25, 0.3) is 0 Å². The molecule has 0 aromatic rings. The molecular weight excluding hydrogens is 160 g/mol. The molecule has 0 radical (unpaired) electrons. The maximum absolute atomic E-state index is 3.60. The van der Waals surface area contributed by atoms with Gasteiger partial charge in [0.15, 0.2) is 0 Å². The van der Waals surface area contributed by atoms with Gasteiger partial charge in [-0.05, 0) is 40.0 Å². The van der Waals surface area contributed by atoms with Gasteiger partial charge in [0.05, 0.1) is 0 Å². The largest absolute Gasteiger partial charge is 0.252 e. The van der Waals surface area contributed by atoms with Gasteiger partial charge in [-0.1, -0.05) is 13.3 Å². The normalized spacial score (nSPS) is 33.2. The highest BCUT2D eigenvalue weighted by molar-refractivity contribution is 4.77. The molecule has 13 heavy (non-hydrogen) atoms. The molecule has 0 aromatic heterocycles. The Bertz CT molecular complexity index is 137. The van der Waals surface area contributed by atoms with Crippen LogP contribution in [0, 0.1) is 0 Å². The fourth-order valence-corrected chi connectivity index (χ4v) is 2.02. The summed E-state index contributed by atoms with van der Waals surface area (Å²) in [7, 11) is 0. The number of hydrogen-bond donors (Lipinski definition) is 1. The SMILES string of the molecule is CCC(C)NN1C(C)CCCC1C. The van der Waals surface area contributed by atoms with Crippen LogP contribution in [0.3, 0.4) is 0 Å². The number of rotatable bonds is 3. The Morgan fingerprint density at radius 1 is 1.31 bits per heavy atom. The van der Waals surface area contributed by atoms with Gasteiger partial charge in [-0.2, -0.15) is 0 Å². The first kappa shape index (κ1) is 11.0. The summed E-state index contributed by atoms with van der Waals surface area (Å²) in [6.07, 6.45) is 5.28.